The number of nitrogens with zero attached hydrogens (tertiary/aromatic N) is 1. The summed E-state index contributed by atoms with van der Waals surface area (Å²) in [5.74, 6) is 0.147. The van der Waals surface area contributed by atoms with E-state index in [0.29, 0.717) is 23.4 Å². The Balaban J connectivity index is 2.44. The Kier molecular flexibility index (Phi) is 2.66. The summed E-state index contributed by atoms with van der Waals surface area (Å²) >= 11 is 5.67. The molecule has 0 bridgehead atoms. The van der Waals surface area contributed by atoms with Gasteiger partial charge in [0.1, 0.15) is 11.3 Å². The molecule has 0 saturated heterocycles. The average Bonchev–Trinajstić information content (AvgIpc) is 2.44. The molecule has 2 aromatic rings. The number of hydrogen-bond acceptors (Lipinski definition) is 2. The highest BCUT2D eigenvalue weighted by Gasteiger charge is 2.17. The van der Waals surface area contributed by atoms with Crippen molar-refractivity contribution in [1.82, 2.24) is 4.98 Å². The summed E-state index contributed by atoms with van der Waals surface area (Å²) in [4.78, 5) is 4.23. The quantitative estimate of drug-likeness (QED) is 0.748. The Bertz CT molecular complexity index is 489. The largest absolute Gasteiger partial charge is 0.441 e. The fourth-order valence-electron chi connectivity index (χ4n) is 1.50. The number of fused-ring (bicyclic) bond motifs is 1. The smallest absolute Gasteiger partial charge is 0.196 e. The lowest BCUT2D eigenvalue weighted by Gasteiger charge is -2.14. The summed E-state index contributed by atoms with van der Waals surface area (Å²) in [5.41, 5.74) is 1.13. The van der Waals surface area contributed by atoms with Gasteiger partial charge in [-0.1, -0.05) is 32.4 Å². The van der Waals surface area contributed by atoms with E-state index in [0.717, 1.165) is 0 Å². The van der Waals surface area contributed by atoms with Crippen molar-refractivity contribution < 1.29 is 8.81 Å². The van der Waals surface area contributed by atoms with Crippen LogP contribution in [0.2, 0.25) is 5.02 Å². The van der Waals surface area contributed by atoms with Gasteiger partial charge in [-0.25, -0.2) is 9.37 Å². The van der Waals surface area contributed by atoms with E-state index in [4.69, 9.17) is 16.0 Å². The summed E-state index contributed by atoms with van der Waals surface area (Å²) < 4.78 is 18.7. The predicted molar refractivity (Wildman–Crippen MR) is 62.1 cm³/mol. The number of oxazole rings is 1. The summed E-state index contributed by atoms with van der Waals surface area (Å²) in [5, 5.41) is 0.0611. The monoisotopic (exact) mass is 241 g/mol. The van der Waals surface area contributed by atoms with Gasteiger partial charge in [0.25, 0.3) is 0 Å². The van der Waals surface area contributed by atoms with Crippen molar-refractivity contribution in [2.45, 2.75) is 27.2 Å². The van der Waals surface area contributed by atoms with Gasteiger partial charge in [-0.3, -0.25) is 0 Å². The second-order valence-electron chi connectivity index (χ2n) is 5.08. The van der Waals surface area contributed by atoms with E-state index in [9.17, 15) is 4.39 Å². The molecule has 16 heavy (non-hydrogen) atoms. The lowest BCUT2D eigenvalue weighted by molar-refractivity contribution is 0.362. The van der Waals surface area contributed by atoms with Crippen molar-refractivity contribution in [1.29, 1.82) is 0 Å². The molecule has 0 amide bonds. The molecule has 0 spiro atoms. The number of aromatic nitrogens is 1. The van der Waals surface area contributed by atoms with Crippen LogP contribution < -0.4 is 0 Å². The van der Waals surface area contributed by atoms with Gasteiger partial charge >= 0.3 is 0 Å². The van der Waals surface area contributed by atoms with Gasteiger partial charge in [0.15, 0.2) is 11.5 Å². The average molecular weight is 242 g/mol. The molecule has 0 atom stereocenters. The minimum absolute atomic E-state index is 0.0611. The zero-order valence-electron chi connectivity index (χ0n) is 9.47. The molecule has 2 nitrogen and oxygen atoms in total. The van der Waals surface area contributed by atoms with Gasteiger partial charge in [0.05, 0.1) is 5.02 Å². The second-order valence-corrected chi connectivity index (χ2v) is 5.49. The summed E-state index contributed by atoms with van der Waals surface area (Å²) in [7, 11) is 0. The fourth-order valence-corrected chi connectivity index (χ4v) is 1.65. The van der Waals surface area contributed by atoms with E-state index in [-0.39, 0.29) is 10.4 Å². The highest BCUT2D eigenvalue weighted by Crippen LogP contribution is 2.26. The van der Waals surface area contributed by atoms with Crippen LogP contribution in [-0.2, 0) is 6.42 Å². The first-order valence-corrected chi connectivity index (χ1v) is 5.47. The summed E-state index contributed by atoms with van der Waals surface area (Å²) in [6.45, 7) is 6.28. The molecule has 0 aliphatic rings. The van der Waals surface area contributed by atoms with E-state index >= 15 is 0 Å². The number of hydrogen-bond donors (Lipinski definition) is 0. The third-order valence-corrected chi connectivity index (χ3v) is 2.45. The van der Waals surface area contributed by atoms with Crippen LogP contribution in [0.3, 0.4) is 0 Å². The zero-order chi connectivity index (χ0) is 11.9. The van der Waals surface area contributed by atoms with Gasteiger partial charge in [-0.15, -0.1) is 0 Å². The summed E-state index contributed by atoms with van der Waals surface area (Å²) in [6.07, 6.45) is 0.709. The van der Waals surface area contributed by atoms with Crippen molar-refractivity contribution >= 4 is 22.7 Å². The molecule has 1 aromatic heterocycles. The molecule has 0 radical (unpaired) electrons. The number of halogens is 2. The van der Waals surface area contributed by atoms with E-state index in [1.54, 1.807) is 0 Å². The SMILES string of the molecule is CC(C)(C)Cc1nc2cc(F)c(Cl)cc2o1. The zero-order valence-corrected chi connectivity index (χ0v) is 10.2. The lowest BCUT2D eigenvalue weighted by atomic mass is 9.92. The molecule has 0 N–H and O–H groups in total. The van der Waals surface area contributed by atoms with E-state index in [1.165, 1.54) is 12.1 Å². The minimum atomic E-state index is -0.468. The van der Waals surface area contributed by atoms with Crippen molar-refractivity contribution in [2.75, 3.05) is 0 Å². The first-order valence-electron chi connectivity index (χ1n) is 5.10. The Morgan fingerprint density at radius 1 is 1.38 bits per heavy atom. The minimum Gasteiger partial charge on any atom is -0.441 e. The Labute approximate surface area is 98.4 Å². The third-order valence-electron chi connectivity index (χ3n) is 2.16. The molecule has 0 aliphatic carbocycles. The molecule has 4 heteroatoms. The molecule has 0 fully saturated rings. The molecular weight excluding hydrogens is 229 g/mol. The van der Waals surface area contributed by atoms with Crippen LogP contribution in [0.5, 0.6) is 0 Å². The van der Waals surface area contributed by atoms with Gasteiger partial charge in [-0.05, 0) is 5.41 Å². The van der Waals surface area contributed by atoms with Crippen LogP contribution in [0.15, 0.2) is 16.5 Å². The second kappa shape index (κ2) is 3.74. The standard InChI is InChI=1S/C12H13ClFNO/c1-12(2,3)6-11-15-9-5-8(14)7(13)4-10(9)16-11/h4-5H,6H2,1-3H3. The van der Waals surface area contributed by atoms with E-state index in [2.05, 4.69) is 25.8 Å². The van der Waals surface area contributed by atoms with Crippen molar-refractivity contribution in [3.05, 3.63) is 28.9 Å². The van der Waals surface area contributed by atoms with Gasteiger partial charge in [0, 0.05) is 18.6 Å². The molecular formula is C12H13ClFNO. The first-order chi connectivity index (χ1) is 7.35. The molecule has 0 saturated carbocycles. The topological polar surface area (TPSA) is 26.0 Å². The Morgan fingerprint density at radius 3 is 2.69 bits per heavy atom. The van der Waals surface area contributed by atoms with Crippen LogP contribution in [-0.4, -0.2) is 4.98 Å². The van der Waals surface area contributed by atoms with Crippen molar-refractivity contribution in [3.63, 3.8) is 0 Å². The maximum absolute atomic E-state index is 13.2. The fraction of sp³-hybridized carbons (Fsp3) is 0.417. The number of rotatable bonds is 1. The molecule has 86 valence electrons. The highest BCUT2D eigenvalue weighted by molar-refractivity contribution is 6.31. The molecule has 2 rings (SSSR count). The normalized spacial score (nSPS) is 12.3. The summed E-state index contributed by atoms with van der Waals surface area (Å²) in [6, 6.07) is 2.76. The Morgan fingerprint density at radius 2 is 2.06 bits per heavy atom. The maximum Gasteiger partial charge on any atom is 0.196 e. The van der Waals surface area contributed by atoms with Gasteiger partial charge in [-0.2, -0.15) is 0 Å². The lowest BCUT2D eigenvalue weighted by Crippen LogP contribution is -2.09. The maximum atomic E-state index is 13.2. The van der Waals surface area contributed by atoms with Crippen LogP contribution in [0.1, 0.15) is 26.7 Å². The van der Waals surface area contributed by atoms with Gasteiger partial charge < -0.3 is 4.42 Å². The Hall–Kier alpha value is -1.09. The first kappa shape index (κ1) is 11.4. The van der Waals surface area contributed by atoms with E-state index in [1.807, 2.05) is 0 Å². The van der Waals surface area contributed by atoms with Crippen molar-refractivity contribution in [2.24, 2.45) is 5.41 Å². The van der Waals surface area contributed by atoms with Crippen LogP contribution in [0.4, 0.5) is 4.39 Å². The predicted octanol–water partition coefficient (Wildman–Crippen LogP) is 4.21. The third kappa shape index (κ3) is 2.35. The molecule has 1 heterocycles. The van der Waals surface area contributed by atoms with Crippen LogP contribution >= 0.6 is 11.6 Å². The molecule has 0 aliphatic heterocycles. The van der Waals surface area contributed by atoms with Gasteiger partial charge in [0.2, 0.25) is 0 Å². The highest BCUT2D eigenvalue weighted by atomic mass is 35.5. The number of benzene rings is 1. The molecule has 0 unspecified atom stereocenters. The van der Waals surface area contributed by atoms with Crippen molar-refractivity contribution in [3.8, 4) is 0 Å². The van der Waals surface area contributed by atoms with Crippen LogP contribution in [0.25, 0.3) is 11.1 Å². The molecule has 1 aromatic carbocycles. The van der Waals surface area contributed by atoms with Crippen LogP contribution in [0, 0.1) is 11.2 Å². The van der Waals surface area contributed by atoms with E-state index < -0.39 is 5.82 Å².